The zero-order valence-corrected chi connectivity index (χ0v) is 7.49. The van der Waals surface area contributed by atoms with Crippen LogP contribution in [0.1, 0.15) is 13.3 Å². The van der Waals surface area contributed by atoms with Crippen molar-refractivity contribution in [3.05, 3.63) is 0 Å². The zero-order valence-electron chi connectivity index (χ0n) is 7.49. The molecule has 1 aliphatic carbocycles. The molecular formula is C9H12N2O2. The van der Waals surface area contributed by atoms with Crippen LogP contribution in [0.4, 0.5) is 0 Å². The molecule has 4 nitrogen and oxygen atoms in total. The van der Waals surface area contributed by atoms with Crippen LogP contribution >= 0.6 is 0 Å². The molecule has 1 N–H and O–H groups in total. The zero-order chi connectivity index (χ0) is 9.42. The monoisotopic (exact) mass is 180 g/mol. The Kier molecular flexibility index (Phi) is 1.97. The molecule has 0 aromatic rings. The van der Waals surface area contributed by atoms with Gasteiger partial charge in [-0.1, -0.05) is 0 Å². The molecule has 4 heteroatoms. The molecule has 4 unspecified atom stereocenters. The van der Waals surface area contributed by atoms with Gasteiger partial charge >= 0.3 is 0 Å². The molecule has 0 radical (unpaired) electrons. The standard InChI is InChI=1S/C9H12N2O2/c1-5(4-10)11-9(12)7-6-2-3-13-8(6)7/h5-8H,2-3H2,1H3,(H,11,12). The van der Waals surface area contributed by atoms with Gasteiger partial charge in [-0.2, -0.15) is 5.26 Å². The molecule has 0 aromatic heterocycles. The summed E-state index contributed by atoms with van der Waals surface area (Å²) in [4.78, 5) is 11.4. The van der Waals surface area contributed by atoms with E-state index in [1.165, 1.54) is 0 Å². The first-order valence-corrected chi connectivity index (χ1v) is 4.55. The Labute approximate surface area is 76.9 Å². The van der Waals surface area contributed by atoms with Crippen molar-refractivity contribution in [2.24, 2.45) is 11.8 Å². The fraction of sp³-hybridized carbons (Fsp3) is 0.778. The Hall–Kier alpha value is -1.08. The molecule has 2 rings (SSSR count). The molecule has 13 heavy (non-hydrogen) atoms. The highest BCUT2D eigenvalue weighted by molar-refractivity contribution is 5.83. The summed E-state index contributed by atoms with van der Waals surface area (Å²) in [5.74, 6) is 0.416. The Morgan fingerprint density at radius 3 is 3.08 bits per heavy atom. The van der Waals surface area contributed by atoms with Crippen molar-refractivity contribution in [3.8, 4) is 6.07 Å². The maximum atomic E-state index is 11.4. The van der Waals surface area contributed by atoms with Crippen LogP contribution in [-0.4, -0.2) is 24.7 Å². The lowest BCUT2D eigenvalue weighted by Gasteiger charge is -2.07. The second kappa shape index (κ2) is 3.00. The molecule has 0 spiro atoms. The Balaban J connectivity index is 1.84. The van der Waals surface area contributed by atoms with Crippen molar-refractivity contribution in [1.29, 1.82) is 5.26 Å². The molecule has 1 amide bonds. The smallest absolute Gasteiger partial charge is 0.227 e. The van der Waals surface area contributed by atoms with E-state index in [4.69, 9.17) is 10.00 Å². The third-order valence-corrected chi connectivity index (χ3v) is 2.71. The highest BCUT2D eigenvalue weighted by Crippen LogP contribution is 2.48. The van der Waals surface area contributed by atoms with Gasteiger partial charge in [-0.25, -0.2) is 0 Å². The fourth-order valence-corrected chi connectivity index (χ4v) is 1.94. The van der Waals surface area contributed by atoms with E-state index in [0.29, 0.717) is 5.92 Å². The van der Waals surface area contributed by atoms with E-state index in [1.807, 2.05) is 6.07 Å². The minimum Gasteiger partial charge on any atom is -0.377 e. The van der Waals surface area contributed by atoms with E-state index in [2.05, 4.69) is 5.32 Å². The Morgan fingerprint density at radius 1 is 1.77 bits per heavy atom. The Morgan fingerprint density at radius 2 is 2.54 bits per heavy atom. The van der Waals surface area contributed by atoms with Crippen LogP contribution in [0.5, 0.6) is 0 Å². The first kappa shape index (κ1) is 8.52. The normalized spacial score (nSPS) is 37.4. The van der Waals surface area contributed by atoms with Crippen LogP contribution < -0.4 is 5.32 Å². The van der Waals surface area contributed by atoms with Crippen molar-refractivity contribution in [1.82, 2.24) is 5.32 Å². The van der Waals surface area contributed by atoms with Crippen LogP contribution in [0.3, 0.4) is 0 Å². The van der Waals surface area contributed by atoms with Gasteiger partial charge in [0.2, 0.25) is 5.91 Å². The van der Waals surface area contributed by atoms with E-state index < -0.39 is 6.04 Å². The van der Waals surface area contributed by atoms with E-state index in [0.717, 1.165) is 13.0 Å². The number of nitrogens with zero attached hydrogens (tertiary/aromatic N) is 1. The van der Waals surface area contributed by atoms with Crippen molar-refractivity contribution >= 4 is 5.91 Å². The predicted molar refractivity (Wildman–Crippen MR) is 44.6 cm³/mol. The summed E-state index contributed by atoms with van der Waals surface area (Å²) >= 11 is 0. The van der Waals surface area contributed by atoms with Gasteiger partial charge in [0.15, 0.2) is 0 Å². The molecule has 70 valence electrons. The number of rotatable bonds is 2. The van der Waals surface area contributed by atoms with Crippen molar-refractivity contribution < 1.29 is 9.53 Å². The SMILES string of the molecule is CC(C#N)NC(=O)C1C2CCOC21. The van der Waals surface area contributed by atoms with Gasteiger partial charge in [0.1, 0.15) is 6.04 Å². The van der Waals surface area contributed by atoms with Gasteiger partial charge in [0.05, 0.1) is 18.1 Å². The largest absolute Gasteiger partial charge is 0.377 e. The van der Waals surface area contributed by atoms with Crippen molar-refractivity contribution in [3.63, 3.8) is 0 Å². The molecule has 4 atom stereocenters. The summed E-state index contributed by atoms with van der Waals surface area (Å²) in [6.07, 6.45) is 1.13. The second-order valence-corrected chi connectivity index (χ2v) is 3.67. The van der Waals surface area contributed by atoms with Crippen LogP contribution in [0.25, 0.3) is 0 Å². The molecular weight excluding hydrogens is 168 g/mol. The summed E-state index contributed by atoms with van der Waals surface area (Å²) in [6, 6.07) is 1.58. The molecule has 1 saturated heterocycles. The highest BCUT2D eigenvalue weighted by Gasteiger charge is 2.58. The second-order valence-electron chi connectivity index (χ2n) is 3.67. The molecule has 2 fully saturated rings. The lowest BCUT2D eigenvalue weighted by Crippen LogP contribution is -2.34. The number of amides is 1. The maximum Gasteiger partial charge on any atom is 0.227 e. The number of fused-ring (bicyclic) bond motifs is 1. The van der Waals surface area contributed by atoms with Crippen molar-refractivity contribution in [2.75, 3.05) is 6.61 Å². The molecule has 1 heterocycles. The van der Waals surface area contributed by atoms with E-state index in [1.54, 1.807) is 6.92 Å². The van der Waals surface area contributed by atoms with Crippen molar-refractivity contribution in [2.45, 2.75) is 25.5 Å². The number of carbonyl (C=O) groups excluding carboxylic acids is 1. The third-order valence-electron chi connectivity index (χ3n) is 2.71. The lowest BCUT2D eigenvalue weighted by atomic mass is 10.2. The molecule has 1 aliphatic heterocycles. The quantitative estimate of drug-likeness (QED) is 0.653. The van der Waals surface area contributed by atoms with E-state index in [-0.39, 0.29) is 17.9 Å². The summed E-state index contributed by atoms with van der Waals surface area (Å²) in [5.41, 5.74) is 0. The van der Waals surface area contributed by atoms with Gasteiger partial charge < -0.3 is 10.1 Å². The van der Waals surface area contributed by atoms with Gasteiger partial charge in [0.25, 0.3) is 0 Å². The van der Waals surface area contributed by atoms with Gasteiger partial charge in [-0.3, -0.25) is 4.79 Å². The number of nitriles is 1. The van der Waals surface area contributed by atoms with Crippen LogP contribution in [0.2, 0.25) is 0 Å². The van der Waals surface area contributed by atoms with Crippen LogP contribution in [0, 0.1) is 23.2 Å². The summed E-state index contributed by atoms with van der Waals surface area (Å²) in [6.45, 7) is 2.46. The summed E-state index contributed by atoms with van der Waals surface area (Å²) in [5, 5.41) is 11.1. The minimum absolute atomic E-state index is 0.0181. The van der Waals surface area contributed by atoms with Gasteiger partial charge in [-0.05, 0) is 13.3 Å². The predicted octanol–water partition coefficient (Wildman–Crippen LogP) is 0.0496. The number of nitrogens with one attached hydrogen (secondary N) is 1. The van der Waals surface area contributed by atoms with Gasteiger partial charge in [-0.15, -0.1) is 0 Å². The first-order valence-electron chi connectivity index (χ1n) is 4.55. The number of carbonyl (C=O) groups is 1. The molecule has 0 bridgehead atoms. The molecule has 1 saturated carbocycles. The number of ether oxygens (including phenoxy) is 1. The maximum absolute atomic E-state index is 11.4. The third kappa shape index (κ3) is 1.40. The Bertz CT molecular complexity index is 261. The molecule has 0 aromatic carbocycles. The van der Waals surface area contributed by atoms with Crippen LogP contribution in [0.15, 0.2) is 0 Å². The van der Waals surface area contributed by atoms with Gasteiger partial charge in [0, 0.05) is 12.5 Å². The summed E-state index contributed by atoms with van der Waals surface area (Å²) in [7, 11) is 0. The average Bonchev–Trinajstić information content (AvgIpc) is 2.61. The topological polar surface area (TPSA) is 62.1 Å². The number of hydrogen-bond donors (Lipinski definition) is 1. The fourth-order valence-electron chi connectivity index (χ4n) is 1.94. The molecule has 2 aliphatic rings. The average molecular weight is 180 g/mol. The first-order chi connectivity index (χ1) is 6.24. The lowest BCUT2D eigenvalue weighted by molar-refractivity contribution is -0.124. The highest BCUT2D eigenvalue weighted by atomic mass is 16.5. The summed E-state index contributed by atoms with van der Waals surface area (Å²) < 4.78 is 5.33. The number of hydrogen-bond acceptors (Lipinski definition) is 3. The minimum atomic E-state index is -0.395. The van der Waals surface area contributed by atoms with Crippen LogP contribution in [-0.2, 0) is 9.53 Å². The van der Waals surface area contributed by atoms with E-state index >= 15 is 0 Å². The van der Waals surface area contributed by atoms with E-state index in [9.17, 15) is 4.79 Å².